The molecule has 202 valence electrons. The number of carbonyl (C=O) groups excluding carboxylic acids is 2. The maximum atomic E-state index is 13.5. The summed E-state index contributed by atoms with van der Waals surface area (Å²) >= 11 is 0. The standard InChI is InChI=1S/C29H35N3O5S/c1-4-18-30-29(34)24(5-2)31(20-21-14-16-23(37-3)17-15-21)27(33)13-8-19-32-25-11-6-9-22-10-7-12-26(28(22)25)38(32,35)36/h6-7,9-12,14-17,24H,4-5,8,13,18-20H2,1-3H3,(H,30,34)/t24-/m1/s1. The van der Waals surface area contributed by atoms with Crippen LogP contribution >= 0.6 is 0 Å². The number of amides is 2. The molecule has 38 heavy (non-hydrogen) atoms. The van der Waals surface area contributed by atoms with Crippen LogP contribution in [0.5, 0.6) is 5.75 Å². The molecule has 4 rings (SSSR count). The average molecular weight is 538 g/mol. The van der Waals surface area contributed by atoms with Gasteiger partial charge in [0.15, 0.2) is 0 Å². The van der Waals surface area contributed by atoms with Gasteiger partial charge in [-0.2, -0.15) is 0 Å². The Labute approximate surface area is 224 Å². The van der Waals surface area contributed by atoms with E-state index in [1.807, 2.05) is 56.3 Å². The number of methoxy groups -OCH3 is 1. The van der Waals surface area contributed by atoms with Crippen molar-refractivity contribution in [3.8, 4) is 5.75 Å². The predicted octanol–water partition coefficient (Wildman–Crippen LogP) is 4.47. The second-order valence-corrected chi connectivity index (χ2v) is 11.2. The van der Waals surface area contributed by atoms with E-state index in [1.165, 1.54) is 4.31 Å². The fourth-order valence-electron chi connectivity index (χ4n) is 4.93. The number of benzene rings is 3. The fraction of sp³-hybridized carbons (Fsp3) is 0.379. The molecular weight excluding hydrogens is 502 g/mol. The summed E-state index contributed by atoms with van der Waals surface area (Å²) in [5, 5.41) is 4.51. The van der Waals surface area contributed by atoms with Crippen molar-refractivity contribution < 1.29 is 22.7 Å². The summed E-state index contributed by atoms with van der Waals surface area (Å²) in [5.41, 5.74) is 1.52. The normalized spacial score (nSPS) is 14.3. The highest BCUT2D eigenvalue weighted by Crippen LogP contribution is 2.42. The van der Waals surface area contributed by atoms with Gasteiger partial charge in [-0.3, -0.25) is 13.9 Å². The van der Waals surface area contributed by atoms with Crippen molar-refractivity contribution in [2.24, 2.45) is 0 Å². The molecule has 1 aliphatic rings. The maximum absolute atomic E-state index is 13.5. The third-order valence-electron chi connectivity index (χ3n) is 6.88. The lowest BCUT2D eigenvalue weighted by molar-refractivity contribution is -0.141. The fourth-order valence-corrected chi connectivity index (χ4v) is 6.68. The monoisotopic (exact) mass is 537 g/mol. The van der Waals surface area contributed by atoms with Crippen LogP contribution in [0.25, 0.3) is 10.8 Å². The first-order valence-corrected chi connectivity index (χ1v) is 14.5. The topological polar surface area (TPSA) is 96.0 Å². The van der Waals surface area contributed by atoms with Crippen LogP contribution in [-0.2, 0) is 26.2 Å². The number of hydrogen-bond acceptors (Lipinski definition) is 5. The molecule has 1 atom stereocenters. The second kappa shape index (κ2) is 11.9. The van der Waals surface area contributed by atoms with Crippen LogP contribution in [0, 0.1) is 0 Å². The summed E-state index contributed by atoms with van der Waals surface area (Å²) in [6.45, 7) is 4.86. The van der Waals surface area contributed by atoms with E-state index in [2.05, 4.69) is 5.32 Å². The second-order valence-electron chi connectivity index (χ2n) is 9.40. The number of nitrogens with one attached hydrogen (secondary N) is 1. The summed E-state index contributed by atoms with van der Waals surface area (Å²) in [6, 6.07) is 17.6. The minimum Gasteiger partial charge on any atom is -0.497 e. The Morgan fingerprint density at radius 3 is 2.39 bits per heavy atom. The Hall–Kier alpha value is -3.59. The number of carbonyl (C=O) groups is 2. The van der Waals surface area contributed by atoms with Gasteiger partial charge in [0.05, 0.1) is 17.7 Å². The van der Waals surface area contributed by atoms with Crippen molar-refractivity contribution in [1.29, 1.82) is 0 Å². The van der Waals surface area contributed by atoms with E-state index in [-0.39, 0.29) is 31.3 Å². The van der Waals surface area contributed by atoms with Crippen molar-refractivity contribution in [1.82, 2.24) is 10.2 Å². The molecule has 3 aromatic carbocycles. The quantitative estimate of drug-likeness (QED) is 0.368. The Balaban J connectivity index is 1.51. The Morgan fingerprint density at radius 1 is 1.03 bits per heavy atom. The molecule has 1 aliphatic heterocycles. The number of hydrogen-bond donors (Lipinski definition) is 1. The number of sulfonamides is 1. The molecule has 0 radical (unpaired) electrons. The van der Waals surface area contributed by atoms with Gasteiger partial charge < -0.3 is 15.0 Å². The lowest BCUT2D eigenvalue weighted by Gasteiger charge is -2.31. The highest BCUT2D eigenvalue weighted by molar-refractivity contribution is 7.93. The first-order valence-electron chi connectivity index (χ1n) is 13.1. The van der Waals surface area contributed by atoms with E-state index in [1.54, 1.807) is 30.2 Å². The average Bonchev–Trinajstić information content (AvgIpc) is 3.15. The third kappa shape index (κ3) is 5.48. The van der Waals surface area contributed by atoms with E-state index >= 15 is 0 Å². The first kappa shape index (κ1) is 27.4. The van der Waals surface area contributed by atoms with Crippen LogP contribution in [-0.4, -0.2) is 51.4 Å². The molecule has 0 saturated heterocycles. The zero-order chi connectivity index (χ0) is 27.3. The van der Waals surface area contributed by atoms with Gasteiger partial charge in [-0.25, -0.2) is 8.42 Å². The molecular formula is C29H35N3O5S. The van der Waals surface area contributed by atoms with E-state index in [0.717, 1.165) is 22.8 Å². The molecule has 0 unspecified atom stereocenters. The molecule has 8 nitrogen and oxygen atoms in total. The van der Waals surface area contributed by atoms with E-state index in [4.69, 9.17) is 4.74 Å². The molecule has 0 spiro atoms. The molecule has 2 amide bonds. The SMILES string of the molecule is CCCNC(=O)[C@@H](CC)N(Cc1ccc(OC)cc1)C(=O)CCCN1c2cccc3cccc(c23)S1(=O)=O. The van der Waals surface area contributed by atoms with Crippen LogP contribution in [0.4, 0.5) is 5.69 Å². The van der Waals surface area contributed by atoms with Crippen molar-refractivity contribution in [3.05, 3.63) is 66.2 Å². The van der Waals surface area contributed by atoms with Crippen molar-refractivity contribution in [2.75, 3.05) is 24.5 Å². The minimum atomic E-state index is -3.68. The van der Waals surface area contributed by atoms with Gasteiger partial charge in [0, 0.05) is 31.4 Å². The molecule has 0 fully saturated rings. The molecule has 1 N–H and O–H groups in total. The number of anilines is 1. The smallest absolute Gasteiger partial charge is 0.265 e. The maximum Gasteiger partial charge on any atom is 0.265 e. The zero-order valence-electron chi connectivity index (χ0n) is 22.1. The van der Waals surface area contributed by atoms with Crippen LogP contribution in [0.2, 0.25) is 0 Å². The summed E-state index contributed by atoms with van der Waals surface area (Å²) < 4.78 is 33.2. The van der Waals surface area contributed by atoms with Gasteiger partial charge >= 0.3 is 0 Å². The van der Waals surface area contributed by atoms with Crippen molar-refractivity contribution >= 4 is 38.3 Å². The van der Waals surface area contributed by atoms with E-state index < -0.39 is 16.1 Å². The molecule has 0 aromatic heterocycles. The Bertz CT molecular complexity index is 1400. The van der Waals surface area contributed by atoms with Crippen LogP contribution < -0.4 is 14.4 Å². The predicted molar refractivity (Wildman–Crippen MR) is 149 cm³/mol. The van der Waals surface area contributed by atoms with E-state index in [9.17, 15) is 18.0 Å². The first-order chi connectivity index (χ1) is 18.3. The largest absolute Gasteiger partial charge is 0.497 e. The number of nitrogens with zero attached hydrogens (tertiary/aromatic N) is 2. The van der Waals surface area contributed by atoms with Crippen molar-refractivity contribution in [3.63, 3.8) is 0 Å². The third-order valence-corrected chi connectivity index (χ3v) is 8.74. The number of ether oxygens (including phenoxy) is 1. The van der Waals surface area contributed by atoms with Crippen molar-refractivity contribution in [2.45, 2.75) is 57.0 Å². The van der Waals surface area contributed by atoms with E-state index in [0.29, 0.717) is 35.7 Å². The van der Waals surface area contributed by atoms with Gasteiger partial charge in [0.1, 0.15) is 11.8 Å². The zero-order valence-corrected chi connectivity index (χ0v) is 23.0. The van der Waals surface area contributed by atoms with Gasteiger partial charge in [0.25, 0.3) is 10.0 Å². The molecule has 3 aromatic rings. The summed E-state index contributed by atoms with van der Waals surface area (Å²) in [6.07, 6.45) is 1.71. The van der Waals surface area contributed by atoms with Crippen LogP contribution in [0.1, 0.15) is 45.1 Å². The highest BCUT2D eigenvalue weighted by atomic mass is 32.2. The molecule has 0 saturated carbocycles. The Morgan fingerprint density at radius 2 is 1.74 bits per heavy atom. The Kier molecular flexibility index (Phi) is 8.56. The molecule has 0 bridgehead atoms. The summed E-state index contributed by atoms with van der Waals surface area (Å²) in [4.78, 5) is 28.4. The minimum absolute atomic E-state index is 0.117. The lowest BCUT2D eigenvalue weighted by atomic mass is 10.1. The summed E-state index contributed by atoms with van der Waals surface area (Å²) in [5.74, 6) is 0.342. The van der Waals surface area contributed by atoms with Gasteiger partial charge in [-0.05, 0) is 54.5 Å². The van der Waals surface area contributed by atoms with Crippen LogP contribution in [0.15, 0.2) is 65.6 Å². The van der Waals surface area contributed by atoms with Gasteiger partial charge in [-0.1, -0.05) is 50.2 Å². The molecule has 0 aliphatic carbocycles. The molecule has 1 heterocycles. The lowest BCUT2D eigenvalue weighted by Crippen LogP contribution is -2.49. The van der Waals surface area contributed by atoms with Gasteiger partial charge in [-0.15, -0.1) is 0 Å². The van der Waals surface area contributed by atoms with Crippen LogP contribution in [0.3, 0.4) is 0 Å². The summed E-state index contributed by atoms with van der Waals surface area (Å²) in [7, 11) is -2.09. The highest BCUT2D eigenvalue weighted by Gasteiger charge is 2.35. The number of rotatable bonds is 12. The van der Waals surface area contributed by atoms with Gasteiger partial charge in [0.2, 0.25) is 11.8 Å². The molecule has 9 heteroatoms.